The largest absolute Gasteiger partial charge is 0.356 e. The lowest BCUT2D eigenvalue weighted by molar-refractivity contribution is 0.311. The summed E-state index contributed by atoms with van der Waals surface area (Å²) in [7, 11) is 3.88. The van der Waals surface area contributed by atoms with Crippen molar-refractivity contribution in [2.45, 2.75) is 6.42 Å². The highest BCUT2D eigenvalue weighted by atomic mass is 79.9. The van der Waals surface area contributed by atoms with Crippen LogP contribution in [-0.2, 0) is 0 Å². The maximum absolute atomic E-state index is 14.3. The number of hydroxylamine groups is 1. The zero-order valence-corrected chi connectivity index (χ0v) is 17.8. The molecule has 7 nitrogen and oxygen atoms in total. The lowest BCUT2D eigenvalue weighted by Crippen LogP contribution is -2.27. The quantitative estimate of drug-likeness (QED) is 0.173. The van der Waals surface area contributed by atoms with Crippen molar-refractivity contribution in [3.8, 4) is 0 Å². The molecule has 2 aromatic carbocycles. The molecule has 0 saturated carbocycles. The Balaban J connectivity index is 1.93. The first-order chi connectivity index (χ1) is 14.2. The van der Waals surface area contributed by atoms with Gasteiger partial charge in [0.15, 0.2) is 17.5 Å². The molecule has 3 rings (SSSR count). The van der Waals surface area contributed by atoms with Crippen molar-refractivity contribution in [3.05, 3.63) is 51.8 Å². The van der Waals surface area contributed by atoms with Gasteiger partial charge in [-0.3, -0.25) is 10.6 Å². The summed E-state index contributed by atoms with van der Waals surface area (Å²) in [5.74, 6) is -3.24. The summed E-state index contributed by atoms with van der Waals surface area (Å²) in [5.41, 5.74) is -0.291. The Hall–Kier alpha value is -2.63. The Morgan fingerprint density at radius 2 is 1.97 bits per heavy atom. The summed E-state index contributed by atoms with van der Waals surface area (Å²) >= 11 is 3.00. The Kier molecular flexibility index (Phi) is 6.64. The average Bonchev–Trinajstić information content (AvgIpc) is 3.13. The summed E-state index contributed by atoms with van der Waals surface area (Å²) in [6.07, 6.45) is 0.799. The van der Waals surface area contributed by atoms with E-state index in [1.165, 1.54) is 12.1 Å². The molecule has 160 valence electrons. The standard InChI is InChI=1S/C19H20BrF3N6O/c1-28(2)7-3-6-25-19-26-16-11(9-14(22)15(23)17(16)27-19)18(24)29(30)10-4-5-13(21)12(20)8-10/h4-5,8-9,24,30H,3,6-7H2,1-2H3,(H2,25,26,27). The minimum atomic E-state index is -1.21. The molecule has 0 spiro atoms. The van der Waals surface area contributed by atoms with Gasteiger partial charge >= 0.3 is 0 Å². The summed E-state index contributed by atoms with van der Waals surface area (Å²) < 4.78 is 42.0. The number of aromatic amines is 1. The van der Waals surface area contributed by atoms with E-state index in [2.05, 4.69) is 31.2 Å². The van der Waals surface area contributed by atoms with Gasteiger partial charge in [-0.25, -0.2) is 23.2 Å². The Bertz CT molecular complexity index is 1090. The highest BCUT2D eigenvalue weighted by Crippen LogP contribution is 2.28. The molecule has 0 aliphatic heterocycles. The molecule has 0 aliphatic rings. The van der Waals surface area contributed by atoms with Gasteiger partial charge in [-0.1, -0.05) is 0 Å². The van der Waals surface area contributed by atoms with E-state index in [0.29, 0.717) is 11.6 Å². The number of imidazole rings is 1. The number of nitrogens with one attached hydrogen (secondary N) is 3. The van der Waals surface area contributed by atoms with Crippen LogP contribution in [0.25, 0.3) is 11.0 Å². The predicted octanol–water partition coefficient (Wildman–Crippen LogP) is 4.33. The van der Waals surface area contributed by atoms with E-state index in [-0.39, 0.29) is 32.7 Å². The van der Waals surface area contributed by atoms with E-state index in [9.17, 15) is 18.4 Å². The second kappa shape index (κ2) is 9.02. The number of aromatic nitrogens is 2. The van der Waals surface area contributed by atoms with Crippen molar-refractivity contribution in [1.82, 2.24) is 14.9 Å². The Morgan fingerprint density at radius 3 is 2.63 bits per heavy atom. The van der Waals surface area contributed by atoms with Crippen LogP contribution in [0.4, 0.5) is 24.8 Å². The van der Waals surface area contributed by atoms with Crippen LogP contribution in [0.1, 0.15) is 12.0 Å². The van der Waals surface area contributed by atoms with Gasteiger partial charge in [0.25, 0.3) is 0 Å². The van der Waals surface area contributed by atoms with Gasteiger partial charge in [-0.15, -0.1) is 0 Å². The molecule has 0 fully saturated rings. The van der Waals surface area contributed by atoms with Gasteiger partial charge in [0.05, 0.1) is 15.7 Å². The summed E-state index contributed by atoms with van der Waals surface area (Å²) in [6, 6.07) is 4.40. The molecule has 0 bridgehead atoms. The number of H-pyrrole nitrogens is 1. The maximum atomic E-state index is 14.3. The molecule has 0 aliphatic carbocycles. The molecular weight excluding hydrogens is 465 g/mol. The first-order valence-electron chi connectivity index (χ1n) is 8.98. The second-order valence-electron chi connectivity index (χ2n) is 6.87. The van der Waals surface area contributed by atoms with Crippen molar-refractivity contribution in [3.63, 3.8) is 0 Å². The van der Waals surface area contributed by atoms with Crippen LogP contribution in [0, 0.1) is 22.9 Å². The Labute approximate surface area is 179 Å². The molecule has 11 heteroatoms. The average molecular weight is 485 g/mol. The second-order valence-corrected chi connectivity index (χ2v) is 7.73. The molecule has 0 radical (unpaired) electrons. The van der Waals surface area contributed by atoms with Crippen LogP contribution in [0.5, 0.6) is 0 Å². The van der Waals surface area contributed by atoms with Crippen molar-refractivity contribution < 1.29 is 18.4 Å². The number of hydrogen-bond acceptors (Lipinski definition) is 5. The van der Waals surface area contributed by atoms with E-state index in [4.69, 9.17) is 5.41 Å². The highest BCUT2D eigenvalue weighted by molar-refractivity contribution is 9.10. The number of nitrogens with zero attached hydrogens (tertiary/aromatic N) is 3. The van der Waals surface area contributed by atoms with Crippen LogP contribution in [-0.4, -0.2) is 53.1 Å². The highest BCUT2D eigenvalue weighted by Gasteiger charge is 2.22. The fourth-order valence-corrected chi connectivity index (χ4v) is 3.20. The van der Waals surface area contributed by atoms with Crippen molar-refractivity contribution in [2.24, 2.45) is 0 Å². The van der Waals surface area contributed by atoms with Crippen molar-refractivity contribution in [2.75, 3.05) is 37.6 Å². The van der Waals surface area contributed by atoms with Gasteiger partial charge in [0.2, 0.25) is 5.95 Å². The fraction of sp³-hybridized carbons (Fsp3) is 0.263. The third-order valence-corrected chi connectivity index (χ3v) is 4.96. The molecule has 0 amide bonds. The smallest absolute Gasteiger partial charge is 0.201 e. The zero-order chi connectivity index (χ0) is 22.0. The van der Waals surface area contributed by atoms with Crippen molar-refractivity contribution in [1.29, 1.82) is 5.41 Å². The summed E-state index contributed by atoms with van der Waals surface area (Å²) in [6.45, 7) is 1.38. The molecule has 1 aromatic heterocycles. The Morgan fingerprint density at radius 1 is 1.23 bits per heavy atom. The monoisotopic (exact) mass is 484 g/mol. The number of rotatable bonds is 7. The first kappa shape index (κ1) is 22.1. The van der Waals surface area contributed by atoms with Crippen LogP contribution in [0.3, 0.4) is 0 Å². The fourth-order valence-electron chi connectivity index (χ4n) is 2.83. The number of halogens is 4. The molecule has 30 heavy (non-hydrogen) atoms. The molecule has 4 N–H and O–H groups in total. The van der Waals surface area contributed by atoms with Crippen LogP contribution < -0.4 is 10.4 Å². The number of benzene rings is 2. The third kappa shape index (κ3) is 4.58. The van der Waals surface area contributed by atoms with Gasteiger partial charge < -0.3 is 15.2 Å². The van der Waals surface area contributed by atoms with Crippen molar-refractivity contribution >= 4 is 44.4 Å². The van der Waals surface area contributed by atoms with E-state index in [1.807, 2.05) is 19.0 Å². The SMILES string of the molecule is CN(C)CCCNc1nc2c(F)c(F)cc(C(=N)N(O)c3ccc(F)c(Br)c3)c2[nH]1. The van der Waals surface area contributed by atoms with Gasteiger partial charge in [-0.2, -0.15) is 0 Å². The minimum absolute atomic E-state index is 0.0502. The number of amidine groups is 1. The summed E-state index contributed by atoms with van der Waals surface area (Å²) in [5, 5.41) is 22.1. The lowest BCUT2D eigenvalue weighted by atomic mass is 10.1. The maximum Gasteiger partial charge on any atom is 0.201 e. The zero-order valence-electron chi connectivity index (χ0n) is 16.2. The lowest BCUT2D eigenvalue weighted by Gasteiger charge is -2.18. The predicted molar refractivity (Wildman–Crippen MR) is 113 cm³/mol. The molecule has 0 unspecified atom stereocenters. The van der Waals surface area contributed by atoms with E-state index >= 15 is 0 Å². The van der Waals surface area contributed by atoms with Crippen LogP contribution in [0.2, 0.25) is 0 Å². The molecule has 3 aromatic rings. The minimum Gasteiger partial charge on any atom is -0.356 e. The molecule has 1 heterocycles. The van der Waals surface area contributed by atoms with Crippen LogP contribution >= 0.6 is 15.9 Å². The van der Waals surface area contributed by atoms with E-state index in [0.717, 1.165) is 25.1 Å². The first-order valence-corrected chi connectivity index (χ1v) is 9.77. The van der Waals surface area contributed by atoms with Gasteiger partial charge in [0, 0.05) is 12.1 Å². The normalized spacial score (nSPS) is 11.3. The van der Waals surface area contributed by atoms with Gasteiger partial charge in [0.1, 0.15) is 11.3 Å². The molecule has 0 atom stereocenters. The number of fused-ring (bicyclic) bond motifs is 1. The third-order valence-electron chi connectivity index (χ3n) is 4.35. The van der Waals surface area contributed by atoms with Crippen LogP contribution in [0.15, 0.2) is 28.7 Å². The molecular formula is C19H20BrF3N6O. The number of anilines is 2. The topological polar surface area (TPSA) is 91.3 Å². The number of hydrogen-bond donors (Lipinski definition) is 4. The molecule has 0 saturated heterocycles. The summed E-state index contributed by atoms with van der Waals surface area (Å²) in [4.78, 5) is 8.89. The van der Waals surface area contributed by atoms with E-state index in [1.54, 1.807) is 0 Å². The van der Waals surface area contributed by atoms with E-state index < -0.39 is 23.3 Å². The van der Waals surface area contributed by atoms with Gasteiger partial charge in [-0.05, 0) is 67.3 Å².